The van der Waals surface area contributed by atoms with E-state index in [4.69, 9.17) is 0 Å². The Morgan fingerprint density at radius 3 is 2.13 bits per heavy atom. The molecule has 0 aliphatic carbocycles. The third kappa shape index (κ3) is 6.75. The Balaban J connectivity index is 1.47. The number of aromatic nitrogens is 2. The van der Waals surface area contributed by atoms with Crippen LogP contribution in [-0.2, 0) is 11.2 Å². The van der Waals surface area contributed by atoms with Gasteiger partial charge in [0.25, 0.3) is 11.8 Å². The summed E-state index contributed by atoms with van der Waals surface area (Å²) in [5.74, 6) is -0.888. The zero-order valence-corrected chi connectivity index (χ0v) is 22.9. The van der Waals surface area contributed by atoms with E-state index in [1.165, 1.54) is 22.7 Å². The van der Waals surface area contributed by atoms with Gasteiger partial charge in [-0.1, -0.05) is 60.7 Å². The van der Waals surface area contributed by atoms with Gasteiger partial charge in [-0.25, -0.2) is 9.97 Å². The summed E-state index contributed by atoms with van der Waals surface area (Å²) in [5, 5.41) is 16.8. The Bertz CT molecular complexity index is 1440. The molecule has 0 unspecified atom stereocenters. The molecule has 0 radical (unpaired) electrons. The van der Waals surface area contributed by atoms with E-state index in [2.05, 4.69) is 31.2 Å². The quantitative estimate of drug-likeness (QED) is 0.304. The highest BCUT2D eigenvalue weighted by Gasteiger charge is 2.25. The van der Waals surface area contributed by atoms with Crippen LogP contribution in [0.15, 0.2) is 71.4 Å². The molecule has 5 rings (SSSR count). The molecule has 4 bridgehead atoms. The monoisotopic (exact) mass is 560 g/mol. The van der Waals surface area contributed by atoms with Gasteiger partial charge in [-0.2, -0.15) is 0 Å². The minimum Gasteiger partial charge on any atom is -0.346 e. The zero-order chi connectivity index (χ0) is 27.2. The van der Waals surface area contributed by atoms with Crippen molar-refractivity contribution in [3.8, 4) is 0 Å². The summed E-state index contributed by atoms with van der Waals surface area (Å²) in [5.41, 5.74) is 2.47. The maximum atomic E-state index is 13.3. The molecule has 39 heavy (non-hydrogen) atoms. The van der Waals surface area contributed by atoms with E-state index in [0.29, 0.717) is 23.0 Å². The summed E-state index contributed by atoms with van der Waals surface area (Å²) in [6, 6.07) is 18.2. The van der Waals surface area contributed by atoms with Crippen LogP contribution in [0, 0.1) is 0 Å². The van der Waals surface area contributed by atoms with Crippen LogP contribution >= 0.6 is 22.7 Å². The predicted molar refractivity (Wildman–Crippen MR) is 151 cm³/mol. The number of hydrogen-bond acceptors (Lipinski definition) is 8. The van der Waals surface area contributed by atoms with Gasteiger partial charge in [-0.05, 0) is 24.5 Å². The molecule has 0 saturated carbocycles. The van der Waals surface area contributed by atoms with Gasteiger partial charge < -0.3 is 21.3 Å². The van der Waals surface area contributed by atoms with Crippen LogP contribution in [0.5, 0.6) is 0 Å². The fourth-order valence-electron chi connectivity index (χ4n) is 4.28. The first-order chi connectivity index (χ1) is 19.0. The Kier molecular flexibility index (Phi) is 8.40. The molecule has 2 aromatic heterocycles. The Morgan fingerprint density at radius 2 is 1.41 bits per heavy atom. The van der Waals surface area contributed by atoms with E-state index in [9.17, 15) is 14.4 Å². The Hall–Kier alpha value is -3.93. The fourth-order valence-corrected chi connectivity index (χ4v) is 5.93. The largest absolute Gasteiger partial charge is 0.346 e. The number of rotatable bonds is 3. The average molecular weight is 561 g/mol. The van der Waals surface area contributed by atoms with Crippen molar-refractivity contribution < 1.29 is 14.4 Å². The first-order valence-corrected chi connectivity index (χ1v) is 14.3. The first kappa shape index (κ1) is 26.7. The first-order valence-electron chi connectivity index (χ1n) is 12.6. The van der Waals surface area contributed by atoms with Crippen LogP contribution in [0.4, 0.5) is 0 Å². The normalized spacial score (nSPS) is 20.7. The second-order valence-electron chi connectivity index (χ2n) is 9.21. The van der Waals surface area contributed by atoms with Crippen LogP contribution in [0.25, 0.3) is 0 Å². The lowest BCUT2D eigenvalue weighted by Gasteiger charge is -2.20. The molecule has 3 atom stereocenters. The van der Waals surface area contributed by atoms with Crippen molar-refractivity contribution in [3.05, 3.63) is 104 Å². The van der Waals surface area contributed by atoms with Crippen molar-refractivity contribution in [2.24, 2.45) is 0 Å². The molecular weight excluding hydrogens is 532 g/mol. The lowest BCUT2D eigenvalue weighted by Crippen LogP contribution is -2.40. The van der Waals surface area contributed by atoms with Gasteiger partial charge in [-0.3, -0.25) is 14.4 Å². The van der Waals surface area contributed by atoms with E-state index in [-0.39, 0.29) is 47.7 Å². The lowest BCUT2D eigenvalue weighted by molar-refractivity contribution is -0.120. The highest BCUT2D eigenvalue weighted by atomic mass is 32.1. The molecule has 0 saturated heterocycles. The van der Waals surface area contributed by atoms with Gasteiger partial charge in [-0.15, -0.1) is 22.7 Å². The van der Waals surface area contributed by atoms with Crippen molar-refractivity contribution in [2.45, 2.75) is 31.5 Å². The molecule has 4 N–H and O–H groups in total. The number of hydrogen-bond donors (Lipinski definition) is 4. The number of amides is 3. The molecule has 3 heterocycles. The van der Waals surface area contributed by atoms with E-state index >= 15 is 0 Å². The highest BCUT2D eigenvalue weighted by molar-refractivity contribution is 7.10. The third-order valence-corrected chi connectivity index (χ3v) is 8.27. The second-order valence-corrected chi connectivity index (χ2v) is 11.0. The summed E-state index contributed by atoms with van der Waals surface area (Å²) >= 11 is 2.65. The molecular formula is C28H28N6O3S2. The van der Waals surface area contributed by atoms with E-state index in [1.54, 1.807) is 10.8 Å². The zero-order valence-electron chi connectivity index (χ0n) is 21.2. The molecule has 11 heteroatoms. The van der Waals surface area contributed by atoms with Crippen LogP contribution < -0.4 is 21.3 Å². The van der Waals surface area contributed by atoms with E-state index in [0.717, 1.165) is 11.1 Å². The van der Waals surface area contributed by atoms with Crippen LogP contribution in [0.3, 0.4) is 0 Å². The summed E-state index contributed by atoms with van der Waals surface area (Å²) < 4.78 is 0. The maximum absolute atomic E-state index is 13.3. The summed E-state index contributed by atoms with van der Waals surface area (Å²) in [7, 11) is 0. The average Bonchev–Trinajstić information content (AvgIpc) is 3.64. The number of thiazole rings is 2. The number of nitrogens with one attached hydrogen (secondary N) is 4. The van der Waals surface area contributed by atoms with Gasteiger partial charge in [0.05, 0.1) is 24.7 Å². The van der Waals surface area contributed by atoms with Crippen LogP contribution in [-0.4, -0.2) is 40.8 Å². The van der Waals surface area contributed by atoms with E-state index < -0.39 is 6.04 Å². The number of fused-ring (bicyclic) bond motifs is 4. The molecule has 200 valence electrons. The third-order valence-electron chi connectivity index (χ3n) is 6.28. The predicted octanol–water partition coefficient (Wildman–Crippen LogP) is 3.56. The lowest BCUT2D eigenvalue weighted by atomic mass is 10.1. The minimum atomic E-state index is -0.459. The topological polar surface area (TPSA) is 125 Å². The van der Waals surface area contributed by atoms with Gasteiger partial charge in [0.15, 0.2) is 0 Å². The van der Waals surface area contributed by atoms with Crippen LogP contribution in [0.1, 0.15) is 67.2 Å². The number of nitrogens with zero attached hydrogens (tertiary/aromatic N) is 2. The Labute approximate surface area is 234 Å². The molecule has 1 aliphatic rings. The van der Waals surface area contributed by atoms with Gasteiger partial charge in [0.2, 0.25) is 5.91 Å². The Morgan fingerprint density at radius 1 is 0.795 bits per heavy atom. The van der Waals surface area contributed by atoms with E-state index in [1.807, 2.05) is 67.6 Å². The van der Waals surface area contributed by atoms with Crippen molar-refractivity contribution >= 4 is 40.4 Å². The van der Waals surface area contributed by atoms with Gasteiger partial charge in [0, 0.05) is 17.3 Å². The fraction of sp³-hybridized carbons (Fsp3) is 0.250. The SMILES string of the molecule is C[C@@H]1NC(=O)CNC[C@@H](c2ccccc2)NC(=O)c2csc(n2)[C@@H](Cc2ccccc2)NC(=O)c2csc1n2. The van der Waals surface area contributed by atoms with Gasteiger partial charge in [0.1, 0.15) is 21.4 Å². The minimum absolute atomic E-state index is 0.0598. The molecule has 9 nitrogen and oxygen atoms in total. The molecule has 1 aliphatic heterocycles. The highest BCUT2D eigenvalue weighted by Crippen LogP contribution is 2.25. The number of benzene rings is 2. The second kappa shape index (κ2) is 12.3. The summed E-state index contributed by atoms with van der Waals surface area (Å²) in [4.78, 5) is 48.2. The van der Waals surface area contributed by atoms with Gasteiger partial charge >= 0.3 is 0 Å². The number of carbonyl (C=O) groups is 3. The summed E-state index contributed by atoms with van der Waals surface area (Å²) in [6.07, 6.45) is 0.501. The molecule has 3 amide bonds. The number of carbonyl (C=O) groups excluding carboxylic acids is 3. The van der Waals surface area contributed by atoms with Crippen molar-refractivity contribution in [3.63, 3.8) is 0 Å². The summed E-state index contributed by atoms with van der Waals surface area (Å²) in [6.45, 7) is 2.24. The maximum Gasteiger partial charge on any atom is 0.271 e. The van der Waals surface area contributed by atoms with Crippen LogP contribution in [0.2, 0.25) is 0 Å². The molecule has 0 fully saturated rings. The molecule has 4 aromatic rings. The molecule has 0 spiro atoms. The van der Waals surface area contributed by atoms with Crippen molar-refractivity contribution in [2.75, 3.05) is 13.1 Å². The van der Waals surface area contributed by atoms with Crippen molar-refractivity contribution in [1.29, 1.82) is 0 Å². The standard InChI is InChI=1S/C28H28N6O3S2/c1-17-27-33-22(15-38-27)25(36)31-20(12-18-8-4-2-5-9-18)28-34-23(16-39-28)26(37)32-21(13-29-14-24(35)30-17)19-10-6-3-7-11-19/h2-11,15-17,20-21,29H,12-14H2,1H3,(H,30,35)(H,31,36)(H,32,37)/t17-,20+,21-/m0/s1. The van der Waals surface area contributed by atoms with Crippen molar-refractivity contribution in [1.82, 2.24) is 31.2 Å². The smallest absolute Gasteiger partial charge is 0.271 e. The molecule has 2 aromatic carbocycles.